The van der Waals surface area contributed by atoms with Gasteiger partial charge in [0.05, 0.1) is 23.6 Å². The third kappa shape index (κ3) is 3.55. The van der Waals surface area contributed by atoms with Gasteiger partial charge in [-0.25, -0.2) is 8.42 Å². The van der Waals surface area contributed by atoms with E-state index in [1.165, 1.54) is 11.8 Å². The van der Waals surface area contributed by atoms with Gasteiger partial charge in [0.1, 0.15) is 9.77 Å². The average Bonchev–Trinajstić information content (AvgIpc) is 3.16. The molecule has 10 heteroatoms. The lowest BCUT2D eigenvalue weighted by Crippen LogP contribution is -2.42. The van der Waals surface area contributed by atoms with Crippen molar-refractivity contribution in [3.63, 3.8) is 0 Å². The molecule has 0 aliphatic carbocycles. The Morgan fingerprint density at radius 1 is 1.31 bits per heavy atom. The van der Waals surface area contributed by atoms with Crippen molar-refractivity contribution in [2.45, 2.75) is 38.4 Å². The van der Waals surface area contributed by atoms with Crippen molar-refractivity contribution in [2.24, 2.45) is 5.73 Å². The van der Waals surface area contributed by atoms with Crippen molar-refractivity contribution in [3.05, 3.63) is 56.3 Å². The zero-order chi connectivity index (χ0) is 21.7. The number of nitrogens with two attached hydrogens (primary N) is 1. The fourth-order valence-electron chi connectivity index (χ4n) is 3.92. The van der Waals surface area contributed by atoms with Crippen LogP contribution in [0.1, 0.15) is 39.6 Å². The molecule has 0 radical (unpaired) electrons. The van der Waals surface area contributed by atoms with Crippen LogP contribution < -0.4 is 10.5 Å². The number of primary amides is 1. The molecule has 0 fully saturated rings. The van der Waals surface area contributed by atoms with E-state index >= 15 is 0 Å². The first-order valence-corrected chi connectivity index (χ1v) is 11.9. The molecular formula is C19H22ClN3O4S2. The van der Waals surface area contributed by atoms with Crippen LogP contribution in [0.4, 0.5) is 5.69 Å². The van der Waals surface area contributed by atoms with Gasteiger partial charge in [-0.1, -0.05) is 28.9 Å². The normalized spacial score (nSPS) is 21.5. The van der Waals surface area contributed by atoms with E-state index in [1.54, 1.807) is 19.3 Å². The molecule has 1 aromatic heterocycles. The molecule has 0 bridgehead atoms. The number of rotatable bonds is 5. The summed E-state index contributed by atoms with van der Waals surface area (Å²) in [4.78, 5) is 12.9. The molecule has 2 heterocycles. The van der Waals surface area contributed by atoms with Crippen LogP contribution in [0, 0.1) is 27.7 Å². The van der Waals surface area contributed by atoms with Gasteiger partial charge >= 0.3 is 0 Å². The largest absolute Gasteiger partial charge is 0.368 e. The molecule has 2 aromatic rings. The highest BCUT2D eigenvalue weighted by Crippen LogP contribution is 2.57. The number of nitrogens with one attached hydrogen (secondary N) is 1. The molecule has 1 aliphatic rings. The van der Waals surface area contributed by atoms with Crippen molar-refractivity contribution in [1.29, 1.82) is 0 Å². The van der Waals surface area contributed by atoms with Gasteiger partial charge in [-0.2, -0.15) is 0 Å². The quantitative estimate of drug-likeness (QED) is 0.710. The number of benzene rings is 1. The molecule has 3 rings (SSSR count). The maximum absolute atomic E-state index is 12.9. The number of hydrogen-bond donors (Lipinski definition) is 2. The molecule has 156 valence electrons. The second-order valence-corrected chi connectivity index (χ2v) is 10.5. The van der Waals surface area contributed by atoms with Crippen LogP contribution in [-0.4, -0.2) is 25.7 Å². The minimum Gasteiger partial charge on any atom is -0.368 e. The van der Waals surface area contributed by atoms with Crippen molar-refractivity contribution in [3.8, 4) is 0 Å². The van der Waals surface area contributed by atoms with E-state index in [9.17, 15) is 13.2 Å². The summed E-state index contributed by atoms with van der Waals surface area (Å²) in [5.74, 6) is -0.825. The van der Waals surface area contributed by atoms with Gasteiger partial charge in [0.25, 0.3) is 0 Å². The highest BCUT2D eigenvalue weighted by molar-refractivity contribution is 8.04. The molecule has 2 unspecified atom stereocenters. The number of carbonyl (C=O) groups is 1. The SMILES string of the molecule is Cc1cc(C)c(C2(C(N)=O)SC=CC2c2onc(C)c2Cl)c(C)c1NS(C)(=O)=O. The highest BCUT2D eigenvalue weighted by atomic mass is 35.5. The number of aryl methyl sites for hydroxylation is 3. The lowest BCUT2D eigenvalue weighted by atomic mass is 9.78. The summed E-state index contributed by atoms with van der Waals surface area (Å²) in [6, 6.07) is 1.84. The molecule has 3 N–H and O–H groups in total. The van der Waals surface area contributed by atoms with E-state index in [1.807, 2.05) is 26.0 Å². The maximum atomic E-state index is 12.9. The van der Waals surface area contributed by atoms with Gasteiger partial charge in [-0.3, -0.25) is 9.52 Å². The molecule has 2 atom stereocenters. The molecule has 1 amide bonds. The Morgan fingerprint density at radius 3 is 2.48 bits per heavy atom. The van der Waals surface area contributed by atoms with Crippen LogP contribution in [-0.2, 0) is 19.6 Å². The number of sulfonamides is 1. The predicted octanol–water partition coefficient (Wildman–Crippen LogP) is 3.66. The van der Waals surface area contributed by atoms with E-state index in [4.69, 9.17) is 21.9 Å². The first-order valence-electron chi connectivity index (χ1n) is 8.75. The zero-order valence-electron chi connectivity index (χ0n) is 16.7. The van der Waals surface area contributed by atoms with Crippen LogP contribution in [0.5, 0.6) is 0 Å². The van der Waals surface area contributed by atoms with Crippen molar-refractivity contribution in [1.82, 2.24) is 5.16 Å². The molecule has 29 heavy (non-hydrogen) atoms. The van der Waals surface area contributed by atoms with Gasteiger partial charge in [0.2, 0.25) is 15.9 Å². The first-order chi connectivity index (χ1) is 13.4. The Balaban J connectivity index is 2.32. The summed E-state index contributed by atoms with van der Waals surface area (Å²) >= 11 is 7.64. The Bertz CT molecular complexity index is 1140. The first kappa shape index (κ1) is 21.7. The number of halogens is 1. The van der Waals surface area contributed by atoms with Crippen molar-refractivity contribution < 1.29 is 17.7 Å². The second kappa shape index (κ2) is 7.37. The Kier molecular flexibility index (Phi) is 5.53. The van der Waals surface area contributed by atoms with Crippen LogP contribution in [0.3, 0.4) is 0 Å². The summed E-state index contributed by atoms with van der Waals surface area (Å²) in [6.07, 6.45) is 2.89. The van der Waals surface area contributed by atoms with Gasteiger partial charge in [0, 0.05) is 0 Å². The third-order valence-electron chi connectivity index (χ3n) is 5.06. The number of aromatic nitrogens is 1. The number of nitrogens with zero attached hydrogens (tertiary/aromatic N) is 1. The number of carbonyl (C=O) groups excluding carboxylic acids is 1. The second-order valence-electron chi connectivity index (χ2n) is 7.23. The van der Waals surface area contributed by atoms with Crippen LogP contribution >= 0.6 is 23.4 Å². The van der Waals surface area contributed by atoms with Crippen LogP contribution in [0.15, 0.2) is 22.1 Å². The summed E-state index contributed by atoms with van der Waals surface area (Å²) in [7, 11) is -3.52. The fraction of sp³-hybridized carbons (Fsp3) is 0.368. The lowest BCUT2D eigenvalue weighted by molar-refractivity contribution is -0.120. The molecule has 1 aromatic carbocycles. The number of thioether (sulfide) groups is 1. The summed E-state index contributed by atoms with van der Waals surface area (Å²) in [5.41, 5.74) is 9.72. The zero-order valence-corrected chi connectivity index (χ0v) is 19.1. The van der Waals surface area contributed by atoms with E-state index in [0.29, 0.717) is 33.3 Å². The molecule has 1 aliphatic heterocycles. The van der Waals surface area contributed by atoms with E-state index in [0.717, 1.165) is 17.4 Å². The lowest BCUT2D eigenvalue weighted by Gasteiger charge is -2.34. The molecular weight excluding hydrogens is 434 g/mol. The van der Waals surface area contributed by atoms with Crippen LogP contribution in [0.25, 0.3) is 0 Å². The smallest absolute Gasteiger partial charge is 0.239 e. The number of hydrogen-bond acceptors (Lipinski definition) is 6. The highest BCUT2D eigenvalue weighted by Gasteiger charge is 2.53. The summed E-state index contributed by atoms with van der Waals surface area (Å²) in [5, 5.41) is 6.03. The topological polar surface area (TPSA) is 115 Å². The minimum atomic E-state index is -3.52. The number of amides is 1. The standard InChI is InChI=1S/C19H22ClN3O4S2/c1-9-8-10(2)16(23-29(5,25)26)11(3)14(9)19(18(21)24)13(6-7-28-19)17-15(20)12(4)22-27-17/h6-8,13,23H,1-5H3,(H2,21,24). The van der Waals surface area contributed by atoms with E-state index < -0.39 is 26.6 Å². The maximum Gasteiger partial charge on any atom is 0.239 e. The van der Waals surface area contributed by atoms with E-state index in [-0.39, 0.29) is 0 Å². The van der Waals surface area contributed by atoms with Gasteiger partial charge in [-0.15, -0.1) is 11.8 Å². The van der Waals surface area contributed by atoms with Gasteiger partial charge in [0.15, 0.2) is 5.76 Å². The van der Waals surface area contributed by atoms with Crippen molar-refractivity contribution >= 4 is 45.0 Å². The Morgan fingerprint density at radius 2 is 1.97 bits per heavy atom. The van der Waals surface area contributed by atoms with Crippen LogP contribution in [0.2, 0.25) is 5.02 Å². The van der Waals surface area contributed by atoms with Gasteiger partial charge < -0.3 is 10.3 Å². The Hall–Kier alpha value is -1.97. The Labute approximate surface area is 179 Å². The molecule has 7 nitrogen and oxygen atoms in total. The average molecular weight is 456 g/mol. The number of anilines is 1. The fourth-order valence-corrected chi connectivity index (χ4v) is 6.13. The predicted molar refractivity (Wildman–Crippen MR) is 116 cm³/mol. The summed E-state index contributed by atoms with van der Waals surface area (Å²) < 4.78 is 30.6. The monoisotopic (exact) mass is 455 g/mol. The third-order valence-corrected chi connectivity index (χ3v) is 7.42. The number of allylic oxidation sites excluding steroid dienone is 1. The van der Waals surface area contributed by atoms with Gasteiger partial charge in [-0.05, 0) is 55.4 Å². The van der Waals surface area contributed by atoms with E-state index in [2.05, 4.69) is 9.88 Å². The minimum absolute atomic E-state index is 0.338. The molecule has 0 saturated heterocycles. The molecule has 0 spiro atoms. The molecule has 0 saturated carbocycles. The van der Waals surface area contributed by atoms with Crippen molar-refractivity contribution in [2.75, 3.05) is 11.0 Å². The summed E-state index contributed by atoms with van der Waals surface area (Å²) in [6.45, 7) is 7.16.